The first-order chi connectivity index (χ1) is 3.00. The summed E-state index contributed by atoms with van der Waals surface area (Å²) >= 11 is 0.733. The first kappa shape index (κ1) is 16.4. The van der Waals surface area contributed by atoms with Gasteiger partial charge >= 0.3 is 40.2 Å². The Morgan fingerprint density at radius 2 is 1.25 bits per heavy atom. The molecule has 8 heteroatoms. The average molecular weight is 301 g/mol. The molecule has 0 amide bonds. The van der Waals surface area contributed by atoms with Gasteiger partial charge in [0.2, 0.25) is 0 Å². The molecule has 0 aliphatic heterocycles. The summed E-state index contributed by atoms with van der Waals surface area (Å²) in [5.41, 5.74) is 0. The van der Waals surface area contributed by atoms with Crippen molar-refractivity contribution in [3.05, 3.63) is 0 Å². The van der Waals surface area contributed by atoms with Gasteiger partial charge in [-0.3, -0.25) is 0 Å². The minimum atomic E-state index is -4.64. The first-order valence-corrected chi connectivity index (χ1v) is 8.16. The zero-order valence-electron chi connectivity index (χ0n) is 3.65. The zero-order chi connectivity index (χ0) is 6.50. The SMILES string of the molecule is O=P(O)(O)O.[Co].[S]=[Cd]. The first-order valence-electron chi connectivity index (χ1n) is 1.07. The molecule has 0 fully saturated rings. The summed E-state index contributed by atoms with van der Waals surface area (Å²) in [6.45, 7) is 0. The van der Waals surface area contributed by atoms with Crippen LogP contribution in [0.5, 0.6) is 0 Å². The molecule has 0 aliphatic rings. The third kappa shape index (κ3) is 115. The summed E-state index contributed by atoms with van der Waals surface area (Å²) in [7, 11) is -0.386. The quantitative estimate of drug-likeness (QED) is 0.423. The van der Waals surface area contributed by atoms with E-state index in [0.29, 0.717) is 0 Å². The second-order valence-corrected chi connectivity index (χ2v) is 1.54. The average Bonchev–Trinajstić information content (AvgIpc) is 1.36. The number of rotatable bonds is 0. The molecule has 0 aromatic rings. The molecule has 0 atom stereocenters. The topological polar surface area (TPSA) is 77.8 Å². The molecule has 4 nitrogen and oxygen atoms in total. The molecule has 0 unspecified atom stereocenters. The predicted molar refractivity (Wildman–Crippen MR) is 21.9 cm³/mol. The summed E-state index contributed by atoms with van der Waals surface area (Å²) in [5.74, 6) is 0. The van der Waals surface area contributed by atoms with E-state index in [9.17, 15) is 0 Å². The van der Waals surface area contributed by atoms with E-state index in [2.05, 4.69) is 8.65 Å². The Labute approximate surface area is 75.6 Å². The summed E-state index contributed by atoms with van der Waals surface area (Å²) in [6.07, 6.45) is 0. The Balaban J connectivity index is -0.0000000750. The van der Waals surface area contributed by atoms with E-state index in [1.165, 1.54) is 0 Å². The Hall–Kier alpha value is 1.76. The van der Waals surface area contributed by atoms with Crippen molar-refractivity contribution in [1.29, 1.82) is 0 Å². The molecule has 0 aliphatic carbocycles. The Morgan fingerprint density at radius 1 is 1.25 bits per heavy atom. The van der Waals surface area contributed by atoms with Crippen molar-refractivity contribution < 1.29 is 59.7 Å². The zero-order valence-corrected chi connectivity index (χ0v) is 10.4. The predicted octanol–water partition coefficient (Wildman–Crippen LogP) is -0.285. The summed E-state index contributed by atoms with van der Waals surface area (Å²) in [6, 6.07) is 0. The van der Waals surface area contributed by atoms with Crippen LogP contribution in [0.3, 0.4) is 0 Å². The van der Waals surface area contributed by atoms with Crippen LogP contribution in [-0.2, 0) is 45.0 Å². The van der Waals surface area contributed by atoms with E-state index < -0.39 is 7.82 Å². The Kier molecular flexibility index (Phi) is 17.9. The molecule has 0 bridgehead atoms. The standard InChI is InChI=1S/Cd.Co.H3O4P.S/c;;1-5(2,3)4;/h;;(H3,1,2,3,4);. The van der Waals surface area contributed by atoms with Crippen molar-refractivity contribution in [2.24, 2.45) is 0 Å². The van der Waals surface area contributed by atoms with Gasteiger partial charge in [-0.15, -0.1) is 0 Å². The fourth-order valence-electron chi connectivity index (χ4n) is 0. The van der Waals surface area contributed by atoms with Gasteiger partial charge in [0.1, 0.15) is 0 Å². The van der Waals surface area contributed by atoms with Crippen LogP contribution >= 0.6 is 16.5 Å². The monoisotopic (exact) mass is 303 g/mol. The molecule has 0 heterocycles. The van der Waals surface area contributed by atoms with Crippen LogP contribution in [0.15, 0.2) is 0 Å². The molecule has 49 valence electrons. The summed E-state index contributed by atoms with van der Waals surface area (Å²) < 4.78 is 8.88. The molecule has 3 N–H and O–H groups in total. The van der Waals surface area contributed by atoms with E-state index >= 15 is 0 Å². The van der Waals surface area contributed by atoms with Crippen LogP contribution in [0.4, 0.5) is 0 Å². The van der Waals surface area contributed by atoms with Crippen molar-refractivity contribution in [1.82, 2.24) is 0 Å². The van der Waals surface area contributed by atoms with Crippen LogP contribution in [0.25, 0.3) is 0 Å². The molecule has 8 heavy (non-hydrogen) atoms. The van der Waals surface area contributed by atoms with Gasteiger partial charge in [-0.25, -0.2) is 4.57 Å². The van der Waals surface area contributed by atoms with Crippen molar-refractivity contribution in [3.8, 4) is 0 Å². The molecule has 1 radical (unpaired) electrons. The molecule has 0 aromatic heterocycles. The fourth-order valence-corrected chi connectivity index (χ4v) is 0. The number of hydrogen-bond donors (Lipinski definition) is 3. The molecular formula is H3CdCoO4PS. The van der Waals surface area contributed by atoms with E-state index in [1.54, 1.807) is 0 Å². The van der Waals surface area contributed by atoms with Crippen molar-refractivity contribution in [3.63, 3.8) is 0 Å². The van der Waals surface area contributed by atoms with Gasteiger partial charge < -0.3 is 14.7 Å². The van der Waals surface area contributed by atoms with Crippen LogP contribution in [-0.4, -0.2) is 14.7 Å². The van der Waals surface area contributed by atoms with E-state index in [0.717, 1.165) is 23.7 Å². The van der Waals surface area contributed by atoms with Crippen LogP contribution in [0.1, 0.15) is 0 Å². The normalized spacial score (nSPS) is 8.12. The van der Waals surface area contributed by atoms with Gasteiger partial charge in [0, 0.05) is 16.8 Å². The van der Waals surface area contributed by atoms with E-state index in [4.69, 9.17) is 19.2 Å². The van der Waals surface area contributed by atoms with Crippen molar-refractivity contribution in [2.75, 3.05) is 0 Å². The van der Waals surface area contributed by atoms with Gasteiger partial charge in [0.15, 0.2) is 0 Å². The second-order valence-electron chi connectivity index (χ2n) is 0.513. The number of phosphoric acid groups is 1. The molecule has 0 aromatic carbocycles. The van der Waals surface area contributed by atoms with Gasteiger partial charge in [0.05, 0.1) is 0 Å². The van der Waals surface area contributed by atoms with Crippen molar-refractivity contribution >= 4 is 16.5 Å². The summed E-state index contributed by atoms with van der Waals surface area (Å²) in [4.78, 5) is 21.6. The number of hydrogen-bond acceptors (Lipinski definition) is 2. The third-order valence-electron chi connectivity index (χ3n) is 0. The Morgan fingerprint density at radius 3 is 1.25 bits per heavy atom. The van der Waals surface area contributed by atoms with Crippen LogP contribution in [0, 0.1) is 0 Å². The van der Waals surface area contributed by atoms with Gasteiger partial charge in [-0.2, -0.15) is 0 Å². The molecular weight excluding hydrogens is 298 g/mol. The van der Waals surface area contributed by atoms with Gasteiger partial charge in [-0.1, -0.05) is 0 Å². The van der Waals surface area contributed by atoms with E-state index in [1.807, 2.05) is 0 Å². The van der Waals surface area contributed by atoms with Crippen molar-refractivity contribution in [2.45, 2.75) is 0 Å². The maximum atomic E-state index is 8.88. The van der Waals surface area contributed by atoms with Crippen LogP contribution in [0.2, 0.25) is 0 Å². The molecule has 0 saturated carbocycles. The minimum absolute atomic E-state index is 0. The maximum absolute atomic E-state index is 8.88. The summed E-state index contributed by atoms with van der Waals surface area (Å²) in [5, 5.41) is 0. The Bertz CT molecular complexity index is 71.8. The van der Waals surface area contributed by atoms with Gasteiger partial charge in [0.25, 0.3) is 0 Å². The molecule has 0 rings (SSSR count). The van der Waals surface area contributed by atoms with Gasteiger partial charge in [-0.05, 0) is 0 Å². The second kappa shape index (κ2) is 8.76. The molecule has 0 spiro atoms. The third-order valence-corrected chi connectivity index (χ3v) is 0. The van der Waals surface area contributed by atoms with Crippen LogP contribution < -0.4 is 0 Å². The van der Waals surface area contributed by atoms with E-state index in [-0.39, 0.29) is 16.8 Å². The fraction of sp³-hybridized carbons (Fsp3) is 0. The molecule has 0 saturated heterocycles.